The number of hydrogen-bond donors (Lipinski definition) is 2. The van der Waals surface area contributed by atoms with E-state index in [9.17, 15) is 22.8 Å². The van der Waals surface area contributed by atoms with E-state index in [0.29, 0.717) is 0 Å². The fraction of sp³-hybridized carbons (Fsp3) is 0.500. The van der Waals surface area contributed by atoms with Crippen LogP contribution in [-0.4, -0.2) is 38.2 Å². The van der Waals surface area contributed by atoms with E-state index in [-0.39, 0.29) is 17.4 Å². The number of carbonyl (C=O) groups excluding carboxylic acids is 2. The quantitative estimate of drug-likeness (QED) is 0.807. The Labute approximate surface area is 164 Å². The van der Waals surface area contributed by atoms with E-state index in [1.165, 1.54) is 19.1 Å². The summed E-state index contributed by atoms with van der Waals surface area (Å²) >= 11 is 0. The molecule has 1 aromatic carbocycles. The van der Waals surface area contributed by atoms with E-state index >= 15 is 0 Å². The number of nitrogens with one attached hydrogen (secondary N) is 2. The van der Waals surface area contributed by atoms with Crippen molar-refractivity contribution in [1.82, 2.24) is 30.8 Å². The average Bonchev–Trinajstić information content (AvgIpc) is 3.17. The molecule has 8 nitrogen and oxygen atoms in total. The summed E-state index contributed by atoms with van der Waals surface area (Å²) in [6.07, 6.45) is 0.476. The number of halogens is 3. The van der Waals surface area contributed by atoms with Crippen molar-refractivity contribution in [2.24, 2.45) is 0 Å². The second kappa shape index (κ2) is 8.58. The second-order valence-corrected chi connectivity index (χ2v) is 6.99. The van der Waals surface area contributed by atoms with Gasteiger partial charge in [0, 0.05) is 11.6 Å². The van der Waals surface area contributed by atoms with Gasteiger partial charge in [-0.3, -0.25) is 10.1 Å². The Kier molecular flexibility index (Phi) is 6.14. The molecule has 1 atom stereocenters. The number of alkyl halides is 3. The molecular formula is C18H21F3N6O2. The summed E-state index contributed by atoms with van der Waals surface area (Å²) in [5.74, 6) is -0.700. The largest absolute Gasteiger partial charge is 0.416 e. The number of benzene rings is 1. The third-order valence-corrected chi connectivity index (χ3v) is 4.78. The van der Waals surface area contributed by atoms with Gasteiger partial charge in [-0.25, -0.2) is 4.79 Å². The molecular weight excluding hydrogens is 389 g/mol. The van der Waals surface area contributed by atoms with Crippen LogP contribution in [0.25, 0.3) is 11.4 Å². The van der Waals surface area contributed by atoms with Crippen molar-refractivity contribution in [3.8, 4) is 11.4 Å². The van der Waals surface area contributed by atoms with E-state index in [1.807, 2.05) is 0 Å². The van der Waals surface area contributed by atoms with Gasteiger partial charge in [-0.1, -0.05) is 31.4 Å². The van der Waals surface area contributed by atoms with Crippen molar-refractivity contribution in [2.75, 3.05) is 0 Å². The van der Waals surface area contributed by atoms with Gasteiger partial charge in [-0.15, -0.1) is 10.2 Å². The molecule has 1 unspecified atom stereocenters. The first-order chi connectivity index (χ1) is 13.7. The van der Waals surface area contributed by atoms with Crippen LogP contribution in [0.1, 0.15) is 50.6 Å². The van der Waals surface area contributed by atoms with Crippen LogP contribution in [0.5, 0.6) is 0 Å². The predicted octanol–water partition coefficient (Wildman–Crippen LogP) is 3.08. The number of amides is 3. The zero-order valence-corrected chi connectivity index (χ0v) is 15.7. The first-order valence-electron chi connectivity index (χ1n) is 9.32. The predicted molar refractivity (Wildman–Crippen MR) is 96.5 cm³/mol. The Morgan fingerprint density at radius 1 is 1.21 bits per heavy atom. The van der Waals surface area contributed by atoms with E-state index in [0.717, 1.165) is 49.0 Å². The van der Waals surface area contributed by atoms with Gasteiger partial charge in [0.1, 0.15) is 6.04 Å². The summed E-state index contributed by atoms with van der Waals surface area (Å²) in [4.78, 5) is 25.2. The summed E-state index contributed by atoms with van der Waals surface area (Å²) in [6, 6.07) is 2.98. The van der Waals surface area contributed by atoms with E-state index in [2.05, 4.69) is 26.0 Å². The van der Waals surface area contributed by atoms with Crippen LogP contribution in [-0.2, 0) is 11.0 Å². The Bertz CT molecular complexity index is 876. The van der Waals surface area contributed by atoms with Crippen molar-refractivity contribution < 1.29 is 22.8 Å². The van der Waals surface area contributed by atoms with Crippen molar-refractivity contribution in [3.63, 3.8) is 0 Å². The molecule has 0 radical (unpaired) electrons. The second-order valence-electron chi connectivity index (χ2n) is 6.99. The average molecular weight is 410 g/mol. The number of rotatable bonds is 4. The minimum absolute atomic E-state index is 0.0452. The van der Waals surface area contributed by atoms with Crippen molar-refractivity contribution in [1.29, 1.82) is 0 Å². The highest BCUT2D eigenvalue weighted by atomic mass is 19.4. The van der Waals surface area contributed by atoms with Crippen LogP contribution in [0.4, 0.5) is 18.0 Å². The smallest absolute Gasteiger partial charge is 0.335 e. The molecule has 156 valence electrons. The summed E-state index contributed by atoms with van der Waals surface area (Å²) < 4.78 is 38.6. The SMILES string of the molecule is CC(C(=O)NC(=O)NC1CCCCC1)n1nnc(-c2cccc(C(F)(F)F)c2)n1. The van der Waals surface area contributed by atoms with Crippen LogP contribution in [0.3, 0.4) is 0 Å². The highest BCUT2D eigenvalue weighted by molar-refractivity contribution is 5.96. The normalized spacial score (nSPS) is 16.3. The fourth-order valence-corrected chi connectivity index (χ4v) is 3.13. The van der Waals surface area contributed by atoms with Gasteiger partial charge < -0.3 is 5.32 Å². The lowest BCUT2D eigenvalue weighted by molar-refractivity contribution is -0.137. The summed E-state index contributed by atoms with van der Waals surface area (Å²) in [5.41, 5.74) is -0.717. The Morgan fingerprint density at radius 2 is 1.93 bits per heavy atom. The molecule has 11 heteroatoms. The monoisotopic (exact) mass is 410 g/mol. The Hall–Kier alpha value is -2.98. The lowest BCUT2D eigenvalue weighted by Gasteiger charge is -2.22. The van der Waals surface area contributed by atoms with Gasteiger partial charge in [-0.2, -0.15) is 18.0 Å². The number of urea groups is 1. The lowest BCUT2D eigenvalue weighted by atomic mass is 9.96. The molecule has 3 amide bonds. The van der Waals surface area contributed by atoms with Crippen LogP contribution < -0.4 is 10.6 Å². The molecule has 2 N–H and O–H groups in total. The van der Waals surface area contributed by atoms with Gasteiger partial charge in [0.15, 0.2) is 0 Å². The first-order valence-corrected chi connectivity index (χ1v) is 9.32. The van der Waals surface area contributed by atoms with Gasteiger partial charge in [0.25, 0.3) is 5.91 Å². The maximum Gasteiger partial charge on any atom is 0.416 e. The minimum Gasteiger partial charge on any atom is -0.335 e. The molecule has 0 bridgehead atoms. The molecule has 29 heavy (non-hydrogen) atoms. The molecule has 2 aromatic rings. The standard InChI is InChI=1S/C18H21F3N6O2/c1-11(16(28)23-17(29)22-14-8-3-2-4-9-14)27-25-15(24-26-27)12-6-5-7-13(10-12)18(19,20)21/h5-7,10-11,14H,2-4,8-9H2,1H3,(H2,22,23,28,29). The number of carbonyl (C=O) groups is 2. The molecule has 1 aliphatic rings. The number of aromatic nitrogens is 4. The maximum atomic E-state index is 12.9. The molecule has 1 aliphatic carbocycles. The van der Waals surface area contributed by atoms with Crippen molar-refractivity contribution in [3.05, 3.63) is 29.8 Å². The third-order valence-electron chi connectivity index (χ3n) is 4.78. The Morgan fingerprint density at radius 3 is 2.62 bits per heavy atom. The van der Waals surface area contributed by atoms with Crippen LogP contribution in [0.15, 0.2) is 24.3 Å². The van der Waals surface area contributed by atoms with Crippen molar-refractivity contribution in [2.45, 2.75) is 57.3 Å². The van der Waals surface area contributed by atoms with Gasteiger partial charge in [0.2, 0.25) is 5.82 Å². The molecule has 0 aliphatic heterocycles. The summed E-state index contributed by atoms with van der Waals surface area (Å²) in [6.45, 7) is 1.46. The van der Waals surface area contributed by atoms with E-state index < -0.39 is 29.7 Å². The molecule has 0 spiro atoms. The van der Waals surface area contributed by atoms with Crippen LogP contribution >= 0.6 is 0 Å². The highest BCUT2D eigenvalue weighted by Crippen LogP contribution is 2.31. The maximum absolute atomic E-state index is 12.9. The van der Waals surface area contributed by atoms with Gasteiger partial charge in [0.05, 0.1) is 5.56 Å². The molecule has 3 rings (SSSR count). The number of hydrogen-bond acceptors (Lipinski definition) is 5. The number of imide groups is 1. The first kappa shape index (κ1) is 20.7. The zero-order chi connectivity index (χ0) is 21.0. The molecule has 1 fully saturated rings. The molecule has 1 aromatic heterocycles. The fourth-order valence-electron chi connectivity index (χ4n) is 3.13. The topological polar surface area (TPSA) is 102 Å². The van der Waals surface area contributed by atoms with E-state index in [4.69, 9.17) is 0 Å². The lowest BCUT2D eigenvalue weighted by Crippen LogP contribution is -2.47. The number of tetrazole rings is 1. The van der Waals surface area contributed by atoms with Gasteiger partial charge in [-0.05, 0) is 37.1 Å². The minimum atomic E-state index is -4.50. The highest BCUT2D eigenvalue weighted by Gasteiger charge is 2.31. The summed E-state index contributed by atoms with van der Waals surface area (Å²) in [7, 11) is 0. The molecule has 1 saturated carbocycles. The molecule has 0 saturated heterocycles. The zero-order valence-electron chi connectivity index (χ0n) is 15.7. The summed E-state index contributed by atoms with van der Waals surface area (Å²) in [5, 5.41) is 16.4. The van der Waals surface area contributed by atoms with Crippen molar-refractivity contribution >= 4 is 11.9 Å². The number of nitrogens with zero attached hydrogens (tertiary/aromatic N) is 4. The Balaban J connectivity index is 1.63. The third kappa shape index (κ3) is 5.30. The van der Waals surface area contributed by atoms with Crippen LogP contribution in [0, 0.1) is 0 Å². The molecule has 1 heterocycles. The van der Waals surface area contributed by atoms with Crippen LogP contribution in [0.2, 0.25) is 0 Å². The van der Waals surface area contributed by atoms with E-state index in [1.54, 1.807) is 0 Å². The van der Waals surface area contributed by atoms with Gasteiger partial charge >= 0.3 is 12.2 Å².